The highest BCUT2D eigenvalue weighted by Crippen LogP contribution is 2.33. The second kappa shape index (κ2) is 6.87. The summed E-state index contributed by atoms with van der Waals surface area (Å²) in [4.78, 5) is 26.2. The number of carbonyl (C=O) groups excluding carboxylic acids is 2. The van der Waals surface area contributed by atoms with Crippen molar-refractivity contribution < 1.29 is 9.59 Å². The molecule has 0 bridgehead atoms. The zero-order valence-corrected chi connectivity index (χ0v) is 13.8. The van der Waals surface area contributed by atoms with E-state index in [0.717, 1.165) is 24.0 Å². The highest BCUT2D eigenvalue weighted by Gasteiger charge is 2.42. The fourth-order valence-corrected chi connectivity index (χ4v) is 3.52. The van der Waals surface area contributed by atoms with Crippen LogP contribution in [-0.2, 0) is 9.59 Å². The molecule has 0 aromatic heterocycles. The first kappa shape index (κ1) is 16.2. The van der Waals surface area contributed by atoms with Crippen molar-refractivity contribution in [3.05, 3.63) is 71.8 Å². The first-order valence-corrected chi connectivity index (χ1v) is 8.28. The molecule has 0 saturated carbocycles. The second-order valence-electron chi connectivity index (χ2n) is 6.38. The molecule has 2 amide bonds. The number of likely N-dealkylation sites (tertiary alicyclic amines) is 1. The smallest absolute Gasteiger partial charge is 0.236 e. The molecule has 1 unspecified atom stereocenters. The molecule has 1 N–H and O–H groups in total. The predicted octanol–water partition coefficient (Wildman–Crippen LogP) is 2.90. The van der Waals surface area contributed by atoms with Crippen LogP contribution in [0.4, 0.5) is 0 Å². The van der Waals surface area contributed by atoms with Gasteiger partial charge in [-0.3, -0.25) is 9.59 Å². The van der Waals surface area contributed by atoms with E-state index in [9.17, 15) is 9.59 Å². The third-order valence-corrected chi connectivity index (χ3v) is 4.79. The Kier molecular flexibility index (Phi) is 4.65. The minimum absolute atomic E-state index is 0.0294. The summed E-state index contributed by atoms with van der Waals surface area (Å²) in [6, 6.07) is 19.6. The number of nitrogens with zero attached hydrogens (tertiary/aromatic N) is 1. The maximum absolute atomic E-state index is 13.4. The van der Waals surface area contributed by atoms with E-state index >= 15 is 0 Å². The molecule has 1 fully saturated rings. The van der Waals surface area contributed by atoms with Crippen molar-refractivity contribution in [1.29, 1.82) is 0 Å². The minimum atomic E-state index is -0.610. The van der Waals surface area contributed by atoms with Crippen LogP contribution in [0.3, 0.4) is 0 Å². The maximum Gasteiger partial charge on any atom is 0.236 e. The molecule has 1 aliphatic heterocycles. The molecule has 1 aliphatic rings. The van der Waals surface area contributed by atoms with Gasteiger partial charge in [-0.05, 0) is 30.9 Å². The zero-order chi connectivity index (χ0) is 17.0. The van der Waals surface area contributed by atoms with Crippen molar-refractivity contribution in [2.75, 3.05) is 6.54 Å². The van der Waals surface area contributed by atoms with Crippen LogP contribution in [0.15, 0.2) is 60.7 Å². The fraction of sp³-hybridized carbons (Fsp3) is 0.300. The molecular formula is C20H22N2O2. The summed E-state index contributed by atoms with van der Waals surface area (Å²) >= 11 is 0. The monoisotopic (exact) mass is 322 g/mol. The molecule has 4 nitrogen and oxygen atoms in total. The van der Waals surface area contributed by atoms with Gasteiger partial charge in [-0.25, -0.2) is 0 Å². The van der Waals surface area contributed by atoms with E-state index in [1.807, 2.05) is 72.5 Å². The molecule has 1 atom stereocenters. The van der Waals surface area contributed by atoms with Gasteiger partial charge in [-0.2, -0.15) is 0 Å². The Morgan fingerprint density at radius 2 is 1.62 bits per heavy atom. The van der Waals surface area contributed by atoms with Gasteiger partial charge in [-0.1, -0.05) is 60.7 Å². The number of benzene rings is 2. The van der Waals surface area contributed by atoms with Gasteiger partial charge in [0.05, 0.1) is 5.92 Å². The van der Waals surface area contributed by atoms with Gasteiger partial charge in [-0.15, -0.1) is 0 Å². The molecule has 2 aromatic carbocycles. The lowest BCUT2D eigenvalue weighted by Crippen LogP contribution is -2.55. The van der Waals surface area contributed by atoms with E-state index < -0.39 is 5.66 Å². The quantitative estimate of drug-likeness (QED) is 0.861. The molecule has 1 heterocycles. The number of hydrogen-bond acceptors (Lipinski definition) is 2. The number of carbonyl (C=O) groups is 2. The summed E-state index contributed by atoms with van der Waals surface area (Å²) in [5, 5.41) is 2.83. The Morgan fingerprint density at radius 1 is 1.08 bits per heavy atom. The van der Waals surface area contributed by atoms with Crippen molar-refractivity contribution >= 4 is 12.3 Å². The molecule has 24 heavy (non-hydrogen) atoms. The first-order valence-electron chi connectivity index (χ1n) is 8.28. The molecule has 0 aliphatic carbocycles. The number of hydrogen-bond donors (Lipinski definition) is 1. The summed E-state index contributed by atoms with van der Waals surface area (Å²) in [5.41, 5.74) is 1.32. The summed E-state index contributed by atoms with van der Waals surface area (Å²) < 4.78 is 0. The average molecular weight is 322 g/mol. The lowest BCUT2D eigenvalue weighted by Gasteiger charge is -2.37. The van der Waals surface area contributed by atoms with Gasteiger partial charge < -0.3 is 10.2 Å². The van der Waals surface area contributed by atoms with Crippen molar-refractivity contribution in [2.24, 2.45) is 0 Å². The zero-order valence-electron chi connectivity index (χ0n) is 13.8. The Balaban J connectivity index is 2.00. The van der Waals surface area contributed by atoms with Crippen LogP contribution in [0.5, 0.6) is 0 Å². The third-order valence-electron chi connectivity index (χ3n) is 4.79. The molecule has 0 radical (unpaired) electrons. The Morgan fingerprint density at radius 3 is 2.12 bits per heavy atom. The van der Waals surface area contributed by atoms with E-state index in [-0.39, 0.29) is 11.8 Å². The fourth-order valence-electron chi connectivity index (χ4n) is 3.52. The molecule has 4 heteroatoms. The van der Waals surface area contributed by atoms with Crippen LogP contribution in [0.1, 0.15) is 36.8 Å². The summed E-state index contributed by atoms with van der Waals surface area (Å²) in [6.07, 6.45) is 2.35. The van der Waals surface area contributed by atoms with Crippen LogP contribution < -0.4 is 5.32 Å². The Bertz CT molecular complexity index is 663. The molecule has 3 rings (SSSR count). The standard InChI is InChI=1S/C20H22N2O2/c1-20(21-15-23)13-8-14-22(20)19(24)18(16-9-4-2-5-10-16)17-11-6-3-7-12-17/h2-7,9-12,15,18H,8,13-14H2,1H3,(H,21,23). The lowest BCUT2D eigenvalue weighted by molar-refractivity contribution is -0.137. The first-order chi connectivity index (χ1) is 11.7. The third kappa shape index (κ3) is 3.04. The summed E-state index contributed by atoms with van der Waals surface area (Å²) in [5.74, 6) is -0.333. The van der Waals surface area contributed by atoms with Crippen molar-refractivity contribution in [3.8, 4) is 0 Å². The van der Waals surface area contributed by atoms with Gasteiger partial charge in [0.2, 0.25) is 12.3 Å². The lowest BCUT2D eigenvalue weighted by atomic mass is 9.89. The highest BCUT2D eigenvalue weighted by atomic mass is 16.2. The SMILES string of the molecule is CC1(NC=O)CCCN1C(=O)C(c1ccccc1)c1ccccc1. The van der Waals surface area contributed by atoms with Gasteiger partial charge in [0.25, 0.3) is 0 Å². The molecule has 124 valence electrons. The van der Waals surface area contributed by atoms with E-state index in [0.29, 0.717) is 13.0 Å². The number of amides is 2. The van der Waals surface area contributed by atoms with Crippen LogP contribution in [-0.4, -0.2) is 29.4 Å². The predicted molar refractivity (Wildman–Crippen MR) is 93.3 cm³/mol. The van der Waals surface area contributed by atoms with Crippen LogP contribution in [0.2, 0.25) is 0 Å². The van der Waals surface area contributed by atoms with Crippen LogP contribution in [0.25, 0.3) is 0 Å². The van der Waals surface area contributed by atoms with Crippen molar-refractivity contribution in [3.63, 3.8) is 0 Å². The van der Waals surface area contributed by atoms with Crippen molar-refractivity contribution in [1.82, 2.24) is 10.2 Å². The highest BCUT2D eigenvalue weighted by molar-refractivity contribution is 5.88. The van der Waals surface area contributed by atoms with Gasteiger partial charge >= 0.3 is 0 Å². The van der Waals surface area contributed by atoms with E-state index in [1.165, 1.54) is 0 Å². The Hall–Kier alpha value is -2.62. The second-order valence-corrected chi connectivity index (χ2v) is 6.38. The average Bonchev–Trinajstić information content (AvgIpc) is 2.99. The van der Waals surface area contributed by atoms with Gasteiger partial charge in [0, 0.05) is 6.54 Å². The van der Waals surface area contributed by atoms with Crippen LogP contribution in [0, 0.1) is 0 Å². The van der Waals surface area contributed by atoms with Crippen molar-refractivity contribution in [2.45, 2.75) is 31.3 Å². The summed E-state index contributed by atoms with van der Waals surface area (Å²) in [6.45, 7) is 2.58. The van der Waals surface area contributed by atoms with E-state index in [1.54, 1.807) is 0 Å². The molecular weight excluding hydrogens is 300 g/mol. The largest absolute Gasteiger partial charge is 0.336 e. The Labute approximate surface area is 142 Å². The van der Waals surface area contributed by atoms with Crippen LogP contribution >= 0.6 is 0 Å². The normalized spacial score (nSPS) is 20.2. The molecule has 1 saturated heterocycles. The van der Waals surface area contributed by atoms with E-state index in [2.05, 4.69) is 5.32 Å². The maximum atomic E-state index is 13.4. The van der Waals surface area contributed by atoms with Gasteiger partial charge in [0.1, 0.15) is 5.66 Å². The number of nitrogens with one attached hydrogen (secondary N) is 1. The minimum Gasteiger partial charge on any atom is -0.336 e. The number of rotatable bonds is 5. The van der Waals surface area contributed by atoms with E-state index in [4.69, 9.17) is 0 Å². The topological polar surface area (TPSA) is 49.4 Å². The summed E-state index contributed by atoms with van der Waals surface area (Å²) in [7, 11) is 0. The molecule has 0 spiro atoms. The van der Waals surface area contributed by atoms with Gasteiger partial charge in [0.15, 0.2) is 0 Å². The molecule has 2 aromatic rings.